The van der Waals surface area contributed by atoms with Crippen molar-refractivity contribution in [2.45, 2.75) is 97.4 Å². The molecule has 0 saturated heterocycles. The number of hydrogen-bond donors (Lipinski definition) is 0. The van der Waals surface area contributed by atoms with Gasteiger partial charge in [-0.05, 0) is 0 Å². The van der Waals surface area contributed by atoms with Crippen molar-refractivity contribution in [1.29, 1.82) is 0 Å². The van der Waals surface area contributed by atoms with Crippen molar-refractivity contribution in [1.82, 2.24) is 0 Å². The first-order chi connectivity index (χ1) is 28.3. The van der Waals surface area contributed by atoms with Crippen LogP contribution in [-0.4, -0.2) is 5.92 Å². The Balaban J connectivity index is 1.17. The third-order valence-corrected chi connectivity index (χ3v) is 67.0. The number of halogens is 2. The number of hydrogen-bond acceptors (Lipinski definition) is 0. The minimum atomic E-state index is -5.03. The molecule has 6 aromatic carbocycles. The van der Waals surface area contributed by atoms with E-state index in [2.05, 4.69) is 147 Å². The molecule has 2 unspecified atom stereocenters. The Morgan fingerprint density at radius 1 is 0.483 bits per heavy atom. The van der Waals surface area contributed by atoms with Crippen molar-refractivity contribution >= 4 is 56.6 Å². The summed E-state index contributed by atoms with van der Waals surface area (Å²) in [5.41, 5.74) is 13.9. The van der Waals surface area contributed by atoms with Crippen LogP contribution in [0.3, 0.4) is 0 Å². The maximum atomic E-state index is 9.13. The number of benzene rings is 6. The second-order valence-electron chi connectivity index (χ2n) is 18.8. The van der Waals surface area contributed by atoms with Crippen LogP contribution in [0.15, 0.2) is 132 Å². The van der Waals surface area contributed by atoms with Crippen molar-refractivity contribution in [2.24, 2.45) is 11.8 Å². The van der Waals surface area contributed by atoms with Crippen LogP contribution < -0.4 is 0 Å². The number of rotatable bonds is 9. The van der Waals surface area contributed by atoms with Crippen molar-refractivity contribution < 1.29 is 15.6 Å². The molecule has 4 heteroatoms. The second kappa shape index (κ2) is 15.8. The molecule has 58 heavy (non-hydrogen) atoms. The Morgan fingerprint density at radius 2 is 0.897 bits per heavy atom. The van der Waals surface area contributed by atoms with Crippen LogP contribution in [0.5, 0.6) is 0 Å². The molecular formula is C54H57Cl2SiZr. The molecule has 6 aromatic rings. The van der Waals surface area contributed by atoms with Crippen LogP contribution in [-0.2, 0) is 15.6 Å². The van der Waals surface area contributed by atoms with E-state index in [9.17, 15) is 0 Å². The van der Waals surface area contributed by atoms with Gasteiger partial charge in [-0.2, -0.15) is 0 Å². The van der Waals surface area contributed by atoms with Crippen LogP contribution >= 0.6 is 17.0 Å². The van der Waals surface area contributed by atoms with Gasteiger partial charge >= 0.3 is 358 Å². The van der Waals surface area contributed by atoms with Gasteiger partial charge in [-0.25, -0.2) is 0 Å². The molecular weight excluding hydrogens is 839 g/mol. The molecule has 0 spiro atoms. The molecule has 4 aliphatic rings. The van der Waals surface area contributed by atoms with E-state index in [1.54, 1.807) is 11.1 Å². The summed E-state index contributed by atoms with van der Waals surface area (Å²) in [6.45, 7) is 5.08. The van der Waals surface area contributed by atoms with E-state index in [0.29, 0.717) is 11.8 Å². The molecule has 295 valence electrons. The van der Waals surface area contributed by atoms with Gasteiger partial charge in [-0.15, -0.1) is 0 Å². The third kappa shape index (κ3) is 6.82. The van der Waals surface area contributed by atoms with Crippen molar-refractivity contribution in [3.05, 3.63) is 155 Å². The quantitative estimate of drug-likeness (QED) is 0.127. The summed E-state index contributed by atoms with van der Waals surface area (Å²) >= 11 is -5.03. The van der Waals surface area contributed by atoms with E-state index in [1.807, 2.05) is 0 Å². The normalized spacial score (nSPS) is 20.8. The van der Waals surface area contributed by atoms with Crippen LogP contribution in [0.4, 0.5) is 0 Å². The Bertz CT molecular complexity index is 2410. The van der Waals surface area contributed by atoms with Gasteiger partial charge < -0.3 is 0 Å². The van der Waals surface area contributed by atoms with E-state index in [1.165, 1.54) is 130 Å². The van der Waals surface area contributed by atoms with Crippen molar-refractivity contribution in [3.8, 4) is 22.3 Å². The van der Waals surface area contributed by atoms with Crippen LogP contribution in [0.1, 0.15) is 107 Å². The van der Waals surface area contributed by atoms with E-state index < -0.39 is 21.5 Å². The molecule has 2 atom stereocenters. The first-order valence-electron chi connectivity index (χ1n) is 22.5. The Morgan fingerprint density at radius 3 is 1.31 bits per heavy atom. The van der Waals surface area contributed by atoms with Crippen molar-refractivity contribution in [3.63, 3.8) is 0 Å². The molecule has 10 rings (SSSR count). The third-order valence-electron chi connectivity index (χ3n) is 15.1. The zero-order chi connectivity index (χ0) is 39.5. The summed E-state index contributed by atoms with van der Waals surface area (Å²) in [4.78, 5) is 0. The summed E-state index contributed by atoms with van der Waals surface area (Å²) in [6.07, 6.45) is 20.9. The van der Waals surface area contributed by atoms with Gasteiger partial charge in [0.25, 0.3) is 0 Å². The van der Waals surface area contributed by atoms with Crippen LogP contribution in [0.2, 0.25) is 13.1 Å². The van der Waals surface area contributed by atoms with Gasteiger partial charge in [0.05, 0.1) is 0 Å². The molecule has 0 aromatic heterocycles. The maximum absolute atomic E-state index is 9.13. The van der Waals surface area contributed by atoms with Crippen LogP contribution in [0.25, 0.3) is 56.0 Å². The Kier molecular flexibility index (Phi) is 10.7. The molecule has 0 heterocycles. The van der Waals surface area contributed by atoms with Gasteiger partial charge in [0.1, 0.15) is 0 Å². The first-order valence-corrected chi connectivity index (χ1v) is 38.8. The van der Waals surface area contributed by atoms with E-state index in [4.69, 9.17) is 17.0 Å². The van der Waals surface area contributed by atoms with Gasteiger partial charge in [0.2, 0.25) is 0 Å². The second-order valence-corrected chi connectivity index (χ2v) is 61.3. The standard InChI is InChI=1S/2C26H25.C2H7Si.2ClH.Zr/c2*1-2-7-19(8-3-1)15-20-16-23-11-6-12-25(26(23)17-20)24-14-13-21-9-4-5-10-22(21)18-24;1-3-2;;;/h2*4-6,9-14,16-19H,1-3,7-8,15H2;3H,1-2H3;2*1H;/q;;;;;+2/p-2. The van der Waals surface area contributed by atoms with E-state index >= 15 is 0 Å². The summed E-state index contributed by atoms with van der Waals surface area (Å²) in [6, 6.07) is 45.8. The molecule has 0 nitrogen and oxygen atoms in total. The van der Waals surface area contributed by atoms with E-state index in [0.717, 1.165) is 12.8 Å². The molecule has 0 aliphatic heterocycles. The summed E-state index contributed by atoms with van der Waals surface area (Å²) in [5, 5.41) is 5.14. The Labute approximate surface area is 355 Å². The van der Waals surface area contributed by atoms with Gasteiger partial charge in [0, 0.05) is 0 Å². The predicted octanol–water partition coefficient (Wildman–Crippen LogP) is 16.8. The van der Waals surface area contributed by atoms with Gasteiger partial charge in [0.15, 0.2) is 0 Å². The number of allylic oxidation sites excluding steroid dienone is 2. The van der Waals surface area contributed by atoms with E-state index in [-0.39, 0.29) is 7.25 Å². The molecule has 4 aliphatic carbocycles. The SMILES string of the molecule is C[SiH](C)[Zr]([Cl])([Cl])([CH]1C(CC2CCCCC2)=Cc2c(-c3ccc4ccccc4c3)cccc21)[CH]1C(CC2CCCCC2)=Cc2c(-c3ccc4ccccc4c3)cccc21. The molecule has 2 fully saturated rings. The minimum absolute atomic E-state index is 0.115. The average molecular weight is 896 g/mol. The fourth-order valence-electron chi connectivity index (χ4n) is 12.1. The molecule has 0 bridgehead atoms. The number of fused-ring (bicyclic) bond motifs is 4. The fourth-order valence-corrected chi connectivity index (χ4v) is 43.5. The monoisotopic (exact) mass is 893 g/mol. The fraction of sp³-hybridized carbons (Fsp3) is 0.333. The average Bonchev–Trinajstić information content (AvgIpc) is 3.83. The zero-order valence-corrected chi connectivity index (χ0v) is 39.5. The molecule has 2 saturated carbocycles. The Hall–Kier alpha value is -3.00. The van der Waals surface area contributed by atoms with Crippen LogP contribution in [0, 0.1) is 11.8 Å². The first kappa shape index (κ1) is 39.2. The topological polar surface area (TPSA) is 0 Å². The summed E-state index contributed by atoms with van der Waals surface area (Å²) in [7, 11) is 18.3. The van der Waals surface area contributed by atoms with Gasteiger partial charge in [-0.3, -0.25) is 0 Å². The zero-order valence-electron chi connectivity index (χ0n) is 34.3. The predicted molar refractivity (Wildman–Crippen MR) is 253 cm³/mol. The molecule has 0 N–H and O–H groups in total. The molecule has 0 amide bonds. The summed E-state index contributed by atoms with van der Waals surface area (Å²) < 4.78 is 0.229. The molecule has 0 radical (unpaired) electrons. The van der Waals surface area contributed by atoms with Gasteiger partial charge in [-0.1, -0.05) is 0 Å². The van der Waals surface area contributed by atoms with Crippen molar-refractivity contribution in [2.75, 3.05) is 0 Å². The summed E-state index contributed by atoms with van der Waals surface area (Å²) in [5.74, 6) is -0.309.